The van der Waals surface area contributed by atoms with Crippen LogP contribution in [0.3, 0.4) is 0 Å². The average Bonchev–Trinajstić information content (AvgIpc) is 3.13. The molecular weight excluding hydrogens is 378 g/mol. The summed E-state index contributed by atoms with van der Waals surface area (Å²) in [5, 5.41) is 14.3. The van der Waals surface area contributed by atoms with E-state index in [1.165, 1.54) is 13.2 Å². The van der Waals surface area contributed by atoms with Crippen LogP contribution in [0.25, 0.3) is 0 Å². The van der Waals surface area contributed by atoms with Gasteiger partial charge >= 0.3 is 11.7 Å². The lowest BCUT2D eigenvalue weighted by atomic mass is 10.2. The van der Waals surface area contributed by atoms with Gasteiger partial charge in [-0.3, -0.25) is 4.79 Å². The molecule has 1 unspecified atom stereocenters. The van der Waals surface area contributed by atoms with Crippen molar-refractivity contribution in [3.63, 3.8) is 0 Å². The number of carbonyl (C=O) groups excluding carboxylic acids is 1. The summed E-state index contributed by atoms with van der Waals surface area (Å²) >= 11 is 0. The molecule has 1 aliphatic rings. The van der Waals surface area contributed by atoms with Gasteiger partial charge in [-0.25, -0.2) is 9.36 Å². The second kappa shape index (κ2) is 7.90. The third-order valence-electron chi connectivity index (χ3n) is 4.14. The Labute approximate surface area is 157 Å². The second-order valence-electron chi connectivity index (χ2n) is 6.01. The molecule has 28 heavy (non-hydrogen) atoms. The number of nitrogens with one attached hydrogen (secondary N) is 2. The maximum atomic E-state index is 14.3. The Morgan fingerprint density at radius 1 is 1.50 bits per heavy atom. The van der Waals surface area contributed by atoms with Crippen LogP contribution >= 0.6 is 0 Å². The highest BCUT2D eigenvalue weighted by molar-refractivity contribution is 6.04. The SMILES string of the molecule is COC(CO)CC(F)(F)n1ccc(NC(=O)c2ccc3c(c2)NCO3)nc1=O. The third-order valence-corrected chi connectivity index (χ3v) is 4.14. The normalized spacial score (nSPS) is 14.0. The topological polar surface area (TPSA) is 115 Å². The Hall–Kier alpha value is -3.05. The Kier molecular flexibility index (Phi) is 5.56. The van der Waals surface area contributed by atoms with Gasteiger partial charge in [0.15, 0.2) is 6.73 Å². The van der Waals surface area contributed by atoms with Crippen molar-refractivity contribution in [2.75, 3.05) is 31.1 Å². The zero-order chi connectivity index (χ0) is 20.3. The number of fused-ring (bicyclic) bond motifs is 1. The van der Waals surface area contributed by atoms with Crippen LogP contribution in [0.15, 0.2) is 35.3 Å². The molecule has 3 rings (SSSR count). The summed E-state index contributed by atoms with van der Waals surface area (Å²) in [7, 11) is 1.18. The molecule has 1 aromatic heterocycles. The molecular formula is C17H18F2N4O5. The number of methoxy groups -OCH3 is 1. The number of hydrogen-bond acceptors (Lipinski definition) is 7. The van der Waals surface area contributed by atoms with Crippen molar-refractivity contribution < 1.29 is 28.2 Å². The van der Waals surface area contributed by atoms with Crippen molar-refractivity contribution >= 4 is 17.4 Å². The van der Waals surface area contributed by atoms with Crippen molar-refractivity contribution in [1.29, 1.82) is 0 Å². The zero-order valence-electron chi connectivity index (χ0n) is 14.8. The van der Waals surface area contributed by atoms with Crippen LogP contribution in [0.4, 0.5) is 20.3 Å². The summed E-state index contributed by atoms with van der Waals surface area (Å²) in [4.78, 5) is 27.8. The molecule has 0 aliphatic carbocycles. The molecule has 0 saturated heterocycles. The molecule has 0 bridgehead atoms. The summed E-state index contributed by atoms with van der Waals surface area (Å²) in [6.07, 6.45) is -1.22. The number of benzene rings is 1. The highest BCUT2D eigenvalue weighted by Gasteiger charge is 2.36. The molecule has 2 heterocycles. The highest BCUT2D eigenvalue weighted by Crippen LogP contribution is 2.30. The van der Waals surface area contributed by atoms with Gasteiger partial charge < -0.3 is 25.2 Å². The molecule has 150 valence electrons. The summed E-state index contributed by atoms with van der Waals surface area (Å²) < 4.78 is 38.6. The Morgan fingerprint density at radius 2 is 2.29 bits per heavy atom. The smallest absolute Gasteiger partial charge is 0.354 e. The molecule has 9 nitrogen and oxygen atoms in total. The van der Waals surface area contributed by atoms with Gasteiger partial charge in [-0.1, -0.05) is 0 Å². The lowest BCUT2D eigenvalue weighted by molar-refractivity contribution is -0.129. The van der Waals surface area contributed by atoms with Crippen LogP contribution in [-0.2, 0) is 10.8 Å². The van der Waals surface area contributed by atoms with E-state index in [4.69, 9.17) is 14.6 Å². The maximum Gasteiger partial charge on any atom is 0.354 e. The molecule has 1 amide bonds. The number of aliphatic hydroxyl groups excluding tert-OH is 1. The number of amides is 1. The summed E-state index contributed by atoms with van der Waals surface area (Å²) in [6, 6.07) is 2.16. The first-order chi connectivity index (χ1) is 13.3. The van der Waals surface area contributed by atoms with E-state index in [1.54, 1.807) is 12.1 Å². The van der Waals surface area contributed by atoms with Crippen LogP contribution in [0.1, 0.15) is 16.8 Å². The summed E-state index contributed by atoms with van der Waals surface area (Å²) in [6.45, 7) is -0.322. The standard InChI is InChI=1S/C17H18F2N4O5/c1-27-11(8-24)7-17(18,19)23-5-4-14(22-16(23)26)21-15(25)10-2-3-13-12(6-10)20-9-28-13/h2-6,11,20,24H,7-9H2,1H3,(H,21,22,25,26). The Balaban J connectivity index is 1.75. The van der Waals surface area contributed by atoms with Crippen LogP contribution < -0.4 is 21.1 Å². The summed E-state index contributed by atoms with van der Waals surface area (Å²) in [5.74, 6) is -0.124. The Bertz CT molecular complexity index is 930. The van der Waals surface area contributed by atoms with Gasteiger partial charge in [-0.15, -0.1) is 0 Å². The second-order valence-corrected chi connectivity index (χ2v) is 6.01. The fourth-order valence-corrected chi connectivity index (χ4v) is 2.63. The van der Waals surface area contributed by atoms with Crippen molar-refractivity contribution in [3.05, 3.63) is 46.5 Å². The van der Waals surface area contributed by atoms with E-state index < -0.39 is 36.8 Å². The number of carbonyl (C=O) groups is 1. The van der Waals surface area contributed by atoms with Crippen LogP contribution in [0.2, 0.25) is 0 Å². The Morgan fingerprint density at radius 3 is 2.96 bits per heavy atom. The average molecular weight is 396 g/mol. The van der Waals surface area contributed by atoms with Gasteiger partial charge in [0.2, 0.25) is 0 Å². The van der Waals surface area contributed by atoms with Crippen LogP contribution in [0, 0.1) is 0 Å². The van der Waals surface area contributed by atoms with Gasteiger partial charge in [0, 0.05) is 18.9 Å². The van der Waals surface area contributed by atoms with E-state index in [9.17, 15) is 18.4 Å². The van der Waals surface area contributed by atoms with Crippen LogP contribution in [0.5, 0.6) is 5.75 Å². The molecule has 11 heteroatoms. The molecule has 0 spiro atoms. The monoisotopic (exact) mass is 396 g/mol. The fourth-order valence-electron chi connectivity index (χ4n) is 2.63. The number of hydrogen-bond donors (Lipinski definition) is 3. The number of aromatic nitrogens is 2. The molecule has 1 atom stereocenters. The molecule has 0 radical (unpaired) electrons. The van der Waals surface area contributed by atoms with Crippen molar-refractivity contribution in [2.24, 2.45) is 0 Å². The lowest BCUT2D eigenvalue weighted by Crippen LogP contribution is -2.39. The fraction of sp³-hybridized carbons (Fsp3) is 0.353. The van der Waals surface area contributed by atoms with E-state index in [2.05, 4.69) is 15.6 Å². The lowest BCUT2D eigenvalue weighted by Gasteiger charge is -2.22. The molecule has 0 fully saturated rings. The minimum atomic E-state index is -3.62. The van der Waals surface area contributed by atoms with E-state index in [-0.39, 0.29) is 15.9 Å². The van der Waals surface area contributed by atoms with E-state index in [1.807, 2.05) is 0 Å². The minimum Gasteiger partial charge on any atom is -0.471 e. The minimum absolute atomic E-state index is 0.126. The van der Waals surface area contributed by atoms with Gasteiger partial charge in [-0.2, -0.15) is 13.8 Å². The zero-order valence-corrected chi connectivity index (χ0v) is 14.8. The molecule has 2 aromatic rings. The number of aliphatic hydroxyl groups is 1. The van der Waals surface area contributed by atoms with E-state index >= 15 is 0 Å². The van der Waals surface area contributed by atoms with Gasteiger partial charge in [0.25, 0.3) is 5.91 Å². The molecule has 1 aliphatic heterocycles. The number of halogens is 2. The highest BCUT2D eigenvalue weighted by atomic mass is 19.3. The largest absolute Gasteiger partial charge is 0.471 e. The van der Waals surface area contributed by atoms with E-state index in [0.717, 1.165) is 12.3 Å². The quantitative estimate of drug-likeness (QED) is 0.644. The van der Waals surface area contributed by atoms with Gasteiger partial charge in [0.05, 0.1) is 24.8 Å². The van der Waals surface area contributed by atoms with E-state index in [0.29, 0.717) is 18.2 Å². The maximum absolute atomic E-state index is 14.3. The number of alkyl halides is 2. The first kappa shape index (κ1) is 19.7. The third kappa shape index (κ3) is 4.10. The molecule has 0 saturated carbocycles. The first-order valence-electron chi connectivity index (χ1n) is 8.28. The molecule has 1 aromatic carbocycles. The van der Waals surface area contributed by atoms with Crippen molar-refractivity contribution in [1.82, 2.24) is 9.55 Å². The number of nitrogens with zero attached hydrogens (tertiary/aromatic N) is 2. The predicted molar refractivity (Wildman–Crippen MR) is 94.7 cm³/mol. The van der Waals surface area contributed by atoms with Crippen LogP contribution in [-0.4, -0.2) is 47.1 Å². The van der Waals surface area contributed by atoms with Gasteiger partial charge in [0.1, 0.15) is 11.6 Å². The van der Waals surface area contributed by atoms with Gasteiger partial charge in [-0.05, 0) is 24.3 Å². The number of ether oxygens (including phenoxy) is 2. The number of anilines is 2. The first-order valence-corrected chi connectivity index (χ1v) is 8.28. The molecule has 3 N–H and O–H groups in total. The predicted octanol–water partition coefficient (Wildman–Crippen LogP) is 1.20. The summed E-state index contributed by atoms with van der Waals surface area (Å²) in [5.41, 5.74) is -0.328. The number of rotatable bonds is 7. The van der Waals surface area contributed by atoms with Crippen molar-refractivity contribution in [2.45, 2.75) is 18.6 Å². The van der Waals surface area contributed by atoms with Crippen molar-refractivity contribution in [3.8, 4) is 5.75 Å².